The minimum Gasteiger partial charge on any atom is -0.482 e. The van der Waals surface area contributed by atoms with Crippen molar-refractivity contribution in [3.05, 3.63) is 24.3 Å². The monoisotopic (exact) mass is 248 g/mol. The lowest BCUT2D eigenvalue weighted by Crippen LogP contribution is -2.50. The first-order valence-corrected chi connectivity index (χ1v) is 6.17. The molecule has 1 aromatic rings. The molecule has 0 aliphatic carbocycles. The molecule has 0 spiro atoms. The molecule has 18 heavy (non-hydrogen) atoms. The van der Waals surface area contributed by atoms with E-state index in [1.807, 2.05) is 24.3 Å². The Morgan fingerprint density at radius 3 is 2.72 bits per heavy atom. The Bertz CT molecular complexity index is 451. The number of hydrogen-bond donors (Lipinski definition) is 1. The molecular formula is C14H20N2O2. The molecule has 0 saturated carbocycles. The van der Waals surface area contributed by atoms with Gasteiger partial charge in [0.1, 0.15) is 5.75 Å². The average Bonchev–Trinajstić information content (AvgIpc) is 2.31. The topological polar surface area (TPSA) is 55.6 Å². The molecule has 2 N–H and O–H groups in total. The molecule has 2 rings (SSSR count). The lowest BCUT2D eigenvalue weighted by Gasteiger charge is -2.35. The van der Waals surface area contributed by atoms with Gasteiger partial charge in [-0.05, 0) is 17.5 Å². The fourth-order valence-corrected chi connectivity index (χ4v) is 1.82. The summed E-state index contributed by atoms with van der Waals surface area (Å²) >= 11 is 0. The van der Waals surface area contributed by atoms with Crippen LogP contribution in [0, 0.1) is 5.41 Å². The van der Waals surface area contributed by atoms with Crippen molar-refractivity contribution in [3.63, 3.8) is 0 Å². The summed E-state index contributed by atoms with van der Waals surface area (Å²) in [6.45, 7) is 6.84. The highest BCUT2D eigenvalue weighted by molar-refractivity contribution is 5.97. The van der Waals surface area contributed by atoms with Crippen LogP contribution in [0.5, 0.6) is 5.75 Å². The summed E-state index contributed by atoms with van der Waals surface area (Å²) < 4.78 is 5.40. The molecule has 1 aliphatic rings. The zero-order valence-electron chi connectivity index (χ0n) is 11.1. The zero-order valence-corrected chi connectivity index (χ0v) is 11.1. The quantitative estimate of drug-likeness (QED) is 0.868. The van der Waals surface area contributed by atoms with Crippen LogP contribution in [-0.2, 0) is 4.79 Å². The third-order valence-electron chi connectivity index (χ3n) is 3.30. The third kappa shape index (κ3) is 2.48. The Morgan fingerprint density at radius 2 is 2.06 bits per heavy atom. The summed E-state index contributed by atoms with van der Waals surface area (Å²) in [4.78, 5) is 13.7. The number of carbonyl (C=O) groups is 1. The number of nitrogens with zero attached hydrogens (tertiary/aromatic N) is 1. The fraction of sp³-hybridized carbons (Fsp3) is 0.500. The maximum Gasteiger partial charge on any atom is 0.265 e. The number of anilines is 1. The Hall–Kier alpha value is -1.55. The Morgan fingerprint density at radius 1 is 1.39 bits per heavy atom. The molecule has 1 heterocycles. The second-order valence-electron chi connectivity index (χ2n) is 5.73. The second kappa shape index (κ2) is 4.61. The molecule has 1 unspecified atom stereocenters. The molecule has 0 bridgehead atoms. The summed E-state index contributed by atoms with van der Waals surface area (Å²) in [6.07, 6.45) is 0. The Labute approximate surface area is 108 Å². The fourth-order valence-electron chi connectivity index (χ4n) is 1.82. The smallest absolute Gasteiger partial charge is 0.265 e. The third-order valence-corrected chi connectivity index (χ3v) is 3.30. The summed E-state index contributed by atoms with van der Waals surface area (Å²) in [6, 6.07) is 7.49. The minimum atomic E-state index is -0.0763. The van der Waals surface area contributed by atoms with Gasteiger partial charge in [0.2, 0.25) is 0 Å². The molecule has 0 radical (unpaired) electrons. The molecule has 4 nitrogen and oxygen atoms in total. The highest BCUT2D eigenvalue weighted by Gasteiger charge is 2.30. The van der Waals surface area contributed by atoms with Crippen molar-refractivity contribution >= 4 is 11.6 Å². The summed E-state index contributed by atoms with van der Waals surface area (Å²) in [5.74, 6) is 0.714. The largest absolute Gasteiger partial charge is 0.482 e. The summed E-state index contributed by atoms with van der Waals surface area (Å²) in [5.41, 5.74) is 6.95. The van der Waals surface area contributed by atoms with Crippen LogP contribution < -0.4 is 15.4 Å². The van der Waals surface area contributed by atoms with Crippen LogP contribution in [0.2, 0.25) is 0 Å². The van der Waals surface area contributed by atoms with E-state index in [4.69, 9.17) is 10.5 Å². The van der Waals surface area contributed by atoms with Gasteiger partial charge in [0.05, 0.1) is 5.69 Å². The average molecular weight is 248 g/mol. The van der Waals surface area contributed by atoms with Crippen LogP contribution in [0.15, 0.2) is 24.3 Å². The van der Waals surface area contributed by atoms with Gasteiger partial charge in [-0.1, -0.05) is 32.9 Å². The highest BCUT2D eigenvalue weighted by Crippen LogP contribution is 2.32. The van der Waals surface area contributed by atoms with Gasteiger partial charge in [0.15, 0.2) is 6.61 Å². The lowest BCUT2D eigenvalue weighted by molar-refractivity contribution is -0.121. The number of fused-ring (bicyclic) bond motifs is 1. The van der Waals surface area contributed by atoms with Crippen LogP contribution in [0.3, 0.4) is 0 Å². The number of ether oxygens (including phenoxy) is 1. The van der Waals surface area contributed by atoms with E-state index in [0.29, 0.717) is 6.54 Å². The number of carbonyl (C=O) groups excluding carboxylic acids is 1. The maximum absolute atomic E-state index is 12.0. The van der Waals surface area contributed by atoms with Crippen LogP contribution in [-0.4, -0.2) is 25.1 Å². The van der Waals surface area contributed by atoms with Crippen molar-refractivity contribution in [1.82, 2.24) is 0 Å². The van der Waals surface area contributed by atoms with Gasteiger partial charge < -0.3 is 15.4 Å². The van der Waals surface area contributed by atoms with Crippen molar-refractivity contribution in [3.8, 4) is 5.75 Å². The van der Waals surface area contributed by atoms with E-state index in [2.05, 4.69) is 20.8 Å². The van der Waals surface area contributed by atoms with Crippen LogP contribution in [0.4, 0.5) is 5.69 Å². The molecule has 0 fully saturated rings. The van der Waals surface area contributed by atoms with E-state index >= 15 is 0 Å². The molecule has 1 atom stereocenters. The van der Waals surface area contributed by atoms with Crippen molar-refractivity contribution < 1.29 is 9.53 Å². The molecular weight excluding hydrogens is 228 g/mol. The minimum absolute atomic E-state index is 0.0339. The van der Waals surface area contributed by atoms with Crippen molar-refractivity contribution in [2.24, 2.45) is 11.1 Å². The number of rotatable bonds is 2. The van der Waals surface area contributed by atoms with E-state index in [1.165, 1.54) is 0 Å². The molecule has 0 aromatic heterocycles. The van der Waals surface area contributed by atoms with E-state index in [9.17, 15) is 4.79 Å². The number of hydrogen-bond acceptors (Lipinski definition) is 3. The van der Waals surface area contributed by atoms with E-state index in [-0.39, 0.29) is 24.0 Å². The normalized spacial score (nSPS) is 17.1. The summed E-state index contributed by atoms with van der Waals surface area (Å²) in [7, 11) is 0. The van der Waals surface area contributed by atoms with Crippen LogP contribution in [0.25, 0.3) is 0 Å². The van der Waals surface area contributed by atoms with Gasteiger partial charge >= 0.3 is 0 Å². The maximum atomic E-state index is 12.0. The number of nitrogens with two attached hydrogens (primary N) is 1. The SMILES string of the molecule is CC(C)(C)C(N)CN1C(=O)COc2ccccc21. The number of para-hydroxylation sites is 2. The number of amides is 1. The standard InChI is InChI=1S/C14H20N2O2/c1-14(2,3)12(15)8-16-10-6-4-5-7-11(10)18-9-13(16)17/h4-7,12H,8-9,15H2,1-3H3. The Kier molecular flexibility index (Phi) is 3.30. The second-order valence-corrected chi connectivity index (χ2v) is 5.73. The van der Waals surface area contributed by atoms with E-state index in [1.54, 1.807) is 4.90 Å². The predicted molar refractivity (Wildman–Crippen MR) is 71.7 cm³/mol. The van der Waals surface area contributed by atoms with Gasteiger partial charge in [0, 0.05) is 12.6 Å². The van der Waals surface area contributed by atoms with Gasteiger partial charge in [-0.3, -0.25) is 4.79 Å². The molecule has 4 heteroatoms. The summed E-state index contributed by atoms with van der Waals surface area (Å²) in [5, 5.41) is 0. The van der Waals surface area contributed by atoms with Crippen molar-refractivity contribution in [2.75, 3.05) is 18.1 Å². The first-order valence-electron chi connectivity index (χ1n) is 6.17. The van der Waals surface area contributed by atoms with Crippen molar-refractivity contribution in [1.29, 1.82) is 0 Å². The predicted octanol–water partition coefficient (Wildman–Crippen LogP) is 1.79. The molecule has 1 aromatic carbocycles. The molecule has 0 saturated heterocycles. The lowest BCUT2D eigenvalue weighted by atomic mass is 9.87. The molecule has 98 valence electrons. The Balaban J connectivity index is 2.25. The first kappa shape index (κ1) is 12.9. The number of benzene rings is 1. The zero-order chi connectivity index (χ0) is 13.3. The first-order chi connectivity index (χ1) is 8.39. The van der Waals surface area contributed by atoms with Gasteiger partial charge in [-0.15, -0.1) is 0 Å². The van der Waals surface area contributed by atoms with Gasteiger partial charge in [-0.2, -0.15) is 0 Å². The van der Waals surface area contributed by atoms with Gasteiger partial charge in [0.25, 0.3) is 5.91 Å². The van der Waals surface area contributed by atoms with E-state index in [0.717, 1.165) is 11.4 Å². The van der Waals surface area contributed by atoms with Crippen molar-refractivity contribution in [2.45, 2.75) is 26.8 Å². The van der Waals surface area contributed by atoms with Crippen LogP contribution >= 0.6 is 0 Å². The van der Waals surface area contributed by atoms with Crippen LogP contribution in [0.1, 0.15) is 20.8 Å². The highest BCUT2D eigenvalue weighted by atomic mass is 16.5. The molecule has 1 aliphatic heterocycles. The molecule has 1 amide bonds. The van der Waals surface area contributed by atoms with Gasteiger partial charge in [-0.25, -0.2) is 0 Å². The van der Waals surface area contributed by atoms with E-state index < -0.39 is 0 Å².